The summed E-state index contributed by atoms with van der Waals surface area (Å²) in [6.07, 6.45) is 11.1. The van der Waals surface area contributed by atoms with Crippen molar-refractivity contribution < 1.29 is 5.11 Å². The lowest BCUT2D eigenvalue weighted by molar-refractivity contribution is 0.0521. The molecule has 0 aromatic heterocycles. The molecule has 2 saturated carbocycles. The Morgan fingerprint density at radius 3 is 2.89 bits per heavy atom. The molecule has 1 N–H and O–H groups in total. The second kappa shape index (κ2) is 3.76. The van der Waals surface area contributed by atoms with Crippen LogP contribution in [0.2, 0.25) is 0 Å². The summed E-state index contributed by atoms with van der Waals surface area (Å²) in [5, 5.41) is 9.87. The minimum atomic E-state index is 0.438. The lowest BCUT2D eigenvalue weighted by atomic mass is 9.49. The maximum Gasteiger partial charge on any atom is 0.115 e. The smallest absolute Gasteiger partial charge is 0.115 e. The second-order valence-corrected chi connectivity index (χ2v) is 6.71. The summed E-state index contributed by atoms with van der Waals surface area (Å²) in [6, 6.07) is 6.17. The van der Waals surface area contributed by atoms with Crippen LogP contribution in [0, 0.1) is 11.8 Å². The van der Waals surface area contributed by atoms with Crippen LogP contribution in [-0.2, 0) is 11.8 Å². The van der Waals surface area contributed by atoms with Gasteiger partial charge >= 0.3 is 0 Å². The van der Waals surface area contributed by atoms with Gasteiger partial charge in [0.1, 0.15) is 5.75 Å². The molecule has 0 saturated heterocycles. The van der Waals surface area contributed by atoms with Crippen LogP contribution < -0.4 is 0 Å². The van der Waals surface area contributed by atoms with Crippen molar-refractivity contribution in [2.45, 2.75) is 56.8 Å². The molecule has 4 rings (SSSR count). The summed E-state index contributed by atoms with van der Waals surface area (Å²) in [7, 11) is 0. The molecule has 0 radical (unpaired) electrons. The summed E-state index contributed by atoms with van der Waals surface area (Å²) < 4.78 is 0. The van der Waals surface area contributed by atoms with Gasteiger partial charge in [-0.1, -0.05) is 25.3 Å². The van der Waals surface area contributed by atoms with Gasteiger partial charge in [0.25, 0.3) is 0 Å². The zero-order chi connectivity index (χ0) is 12.2. The van der Waals surface area contributed by atoms with E-state index >= 15 is 0 Å². The Kier molecular flexibility index (Phi) is 2.27. The molecule has 1 nitrogen and oxygen atoms in total. The van der Waals surface area contributed by atoms with E-state index in [0.29, 0.717) is 11.2 Å². The van der Waals surface area contributed by atoms with Crippen LogP contribution in [0.15, 0.2) is 18.2 Å². The minimum absolute atomic E-state index is 0.438. The summed E-state index contributed by atoms with van der Waals surface area (Å²) in [5.74, 6) is 2.31. The number of aromatic hydroxyl groups is 1. The molecule has 0 aliphatic heterocycles. The lowest BCUT2D eigenvalue weighted by Crippen LogP contribution is -2.49. The van der Waals surface area contributed by atoms with Gasteiger partial charge in [-0.25, -0.2) is 0 Å². The molecule has 3 aliphatic carbocycles. The van der Waals surface area contributed by atoms with Crippen LogP contribution in [0.5, 0.6) is 5.75 Å². The maximum absolute atomic E-state index is 9.87. The van der Waals surface area contributed by atoms with Crippen LogP contribution in [0.1, 0.15) is 56.1 Å². The molecule has 0 amide bonds. The van der Waals surface area contributed by atoms with Gasteiger partial charge in [0.2, 0.25) is 0 Å². The Morgan fingerprint density at radius 1 is 1.06 bits per heavy atom. The van der Waals surface area contributed by atoms with Crippen molar-refractivity contribution in [2.75, 3.05) is 0 Å². The van der Waals surface area contributed by atoms with Gasteiger partial charge in [-0.3, -0.25) is 0 Å². The van der Waals surface area contributed by atoms with Crippen LogP contribution in [0.4, 0.5) is 0 Å². The Balaban J connectivity index is 1.91. The summed E-state index contributed by atoms with van der Waals surface area (Å²) in [5.41, 5.74) is 3.49. The molecule has 1 heteroatoms. The van der Waals surface area contributed by atoms with Crippen molar-refractivity contribution in [2.24, 2.45) is 11.8 Å². The Labute approximate surface area is 109 Å². The van der Waals surface area contributed by atoms with Crippen molar-refractivity contribution in [3.05, 3.63) is 29.3 Å². The van der Waals surface area contributed by atoms with Gasteiger partial charge < -0.3 is 5.11 Å². The molecule has 3 atom stereocenters. The molecule has 0 heterocycles. The molecule has 2 bridgehead atoms. The maximum atomic E-state index is 9.87. The first-order valence-corrected chi connectivity index (χ1v) is 7.62. The molecule has 1 aromatic rings. The summed E-state index contributed by atoms with van der Waals surface area (Å²) in [6.45, 7) is 0. The highest BCUT2D eigenvalue weighted by atomic mass is 16.3. The monoisotopic (exact) mass is 242 g/mol. The largest absolute Gasteiger partial charge is 0.508 e. The first-order chi connectivity index (χ1) is 8.79. The molecular formula is C17H22O. The number of hydrogen-bond donors (Lipinski definition) is 1. The van der Waals surface area contributed by atoms with E-state index < -0.39 is 0 Å². The molecule has 0 spiro atoms. The number of rotatable bonds is 0. The lowest BCUT2D eigenvalue weighted by Gasteiger charge is -2.55. The molecule has 96 valence electrons. The predicted octanol–water partition coefficient (Wildman–Crippen LogP) is 4.18. The van der Waals surface area contributed by atoms with E-state index in [9.17, 15) is 5.11 Å². The third-order valence-electron chi connectivity index (χ3n) is 5.98. The zero-order valence-corrected chi connectivity index (χ0v) is 11.0. The SMILES string of the molecule is Oc1ccc2c(c1)C13CCCC[C@@H]1[C@@H](CCC3)C2. The van der Waals surface area contributed by atoms with Gasteiger partial charge in [0, 0.05) is 0 Å². The van der Waals surface area contributed by atoms with Gasteiger partial charge in [-0.15, -0.1) is 0 Å². The fourth-order valence-corrected chi connectivity index (χ4v) is 5.35. The van der Waals surface area contributed by atoms with E-state index in [1.54, 1.807) is 0 Å². The van der Waals surface area contributed by atoms with Crippen molar-refractivity contribution >= 4 is 0 Å². The van der Waals surface area contributed by atoms with E-state index in [-0.39, 0.29) is 0 Å². The van der Waals surface area contributed by atoms with Crippen LogP contribution in [0.25, 0.3) is 0 Å². The second-order valence-electron chi connectivity index (χ2n) is 6.71. The van der Waals surface area contributed by atoms with Crippen molar-refractivity contribution in [1.29, 1.82) is 0 Å². The number of fused-ring (bicyclic) bond motifs is 1. The number of phenols is 1. The fourth-order valence-electron chi connectivity index (χ4n) is 5.35. The summed E-state index contributed by atoms with van der Waals surface area (Å²) >= 11 is 0. The van der Waals surface area contributed by atoms with E-state index in [4.69, 9.17) is 0 Å². The predicted molar refractivity (Wildman–Crippen MR) is 72.8 cm³/mol. The molecule has 1 unspecified atom stereocenters. The average molecular weight is 242 g/mol. The zero-order valence-electron chi connectivity index (χ0n) is 11.0. The summed E-state index contributed by atoms with van der Waals surface area (Å²) in [4.78, 5) is 0. The molecule has 3 aliphatic rings. The molecule has 2 fully saturated rings. The van der Waals surface area contributed by atoms with E-state index in [1.165, 1.54) is 62.5 Å². The quantitative estimate of drug-likeness (QED) is 0.723. The van der Waals surface area contributed by atoms with E-state index in [2.05, 4.69) is 12.1 Å². The average Bonchev–Trinajstić information content (AvgIpc) is 2.40. The van der Waals surface area contributed by atoms with E-state index in [0.717, 1.165) is 11.8 Å². The Morgan fingerprint density at radius 2 is 1.94 bits per heavy atom. The van der Waals surface area contributed by atoms with Crippen LogP contribution in [0.3, 0.4) is 0 Å². The number of phenolic OH excluding ortho intramolecular Hbond substituents is 1. The van der Waals surface area contributed by atoms with Gasteiger partial charge in [0.15, 0.2) is 0 Å². The molecule has 18 heavy (non-hydrogen) atoms. The van der Waals surface area contributed by atoms with Crippen molar-refractivity contribution in [3.63, 3.8) is 0 Å². The third kappa shape index (κ3) is 1.34. The Bertz CT molecular complexity index is 474. The first kappa shape index (κ1) is 10.9. The highest BCUT2D eigenvalue weighted by Crippen LogP contribution is 2.58. The fraction of sp³-hybridized carbons (Fsp3) is 0.647. The van der Waals surface area contributed by atoms with Crippen LogP contribution >= 0.6 is 0 Å². The standard InChI is InChI=1S/C17H22O/c18-14-7-6-13-10-12-4-3-9-17(16(13)11-14)8-2-1-5-15(12)17/h6-7,11-12,15,18H,1-5,8-10H2/t12-,15+,17?/m0/s1. The molecule has 1 aromatic carbocycles. The third-order valence-corrected chi connectivity index (χ3v) is 5.98. The Hall–Kier alpha value is -0.980. The first-order valence-electron chi connectivity index (χ1n) is 7.62. The van der Waals surface area contributed by atoms with Gasteiger partial charge in [0.05, 0.1) is 0 Å². The van der Waals surface area contributed by atoms with Crippen molar-refractivity contribution in [1.82, 2.24) is 0 Å². The number of hydrogen-bond acceptors (Lipinski definition) is 1. The van der Waals surface area contributed by atoms with Gasteiger partial charge in [-0.2, -0.15) is 0 Å². The van der Waals surface area contributed by atoms with Crippen LogP contribution in [-0.4, -0.2) is 5.11 Å². The minimum Gasteiger partial charge on any atom is -0.508 e. The highest BCUT2D eigenvalue weighted by Gasteiger charge is 2.51. The van der Waals surface area contributed by atoms with Gasteiger partial charge in [-0.05, 0) is 72.6 Å². The topological polar surface area (TPSA) is 20.2 Å². The highest BCUT2D eigenvalue weighted by molar-refractivity contribution is 5.44. The molecular weight excluding hydrogens is 220 g/mol. The normalized spacial score (nSPS) is 37.8. The van der Waals surface area contributed by atoms with E-state index in [1.807, 2.05) is 6.07 Å². The number of benzene rings is 1. The van der Waals surface area contributed by atoms with Crippen molar-refractivity contribution in [3.8, 4) is 5.75 Å².